The van der Waals surface area contributed by atoms with Gasteiger partial charge in [0.25, 0.3) is 0 Å². The van der Waals surface area contributed by atoms with Crippen LogP contribution in [0.25, 0.3) is 0 Å². The first-order chi connectivity index (χ1) is 8.75. The molecule has 0 saturated carbocycles. The molecule has 0 spiro atoms. The molecule has 2 aromatic carbocycles. The second-order valence-corrected chi connectivity index (χ2v) is 4.22. The van der Waals surface area contributed by atoms with Crippen molar-refractivity contribution in [1.29, 1.82) is 0 Å². The van der Waals surface area contributed by atoms with Crippen molar-refractivity contribution in [3.05, 3.63) is 59.2 Å². The van der Waals surface area contributed by atoms with Gasteiger partial charge in [0, 0.05) is 11.1 Å². The predicted molar refractivity (Wildman–Crippen MR) is 67.2 cm³/mol. The van der Waals surface area contributed by atoms with E-state index in [4.69, 9.17) is 9.47 Å². The lowest BCUT2D eigenvalue weighted by Gasteiger charge is -2.06. The van der Waals surface area contributed by atoms with E-state index in [9.17, 15) is 4.79 Å². The molecule has 3 heteroatoms. The molecule has 0 N–H and O–H groups in total. The summed E-state index contributed by atoms with van der Waals surface area (Å²) in [5.74, 6) is 1.35. The second-order valence-electron chi connectivity index (χ2n) is 4.22. The van der Waals surface area contributed by atoms with E-state index in [0.29, 0.717) is 22.6 Å². The van der Waals surface area contributed by atoms with Gasteiger partial charge in [-0.2, -0.15) is 0 Å². The van der Waals surface area contributed by atoms with Crippen molar-refractivity contribution < 1.29 is 14.3 Å². The smallest absolute Gasteiger partial charge is 0.231 e. The Balaban J connectivity index is 2.05. The van der Waals surface area contributed by atoms with Crippen molar-refractivity contribution in [1.82, 2.24) is 0 Å². The Morgan fingerprint density at radius 3 is 2.44 bits per heavy atom. The van der Waals surface area contributed by atoms with Crippen LogP contribution in [0.3, 0.4) is 0 Å². The van der Waals surface area contributed by atoms with Crippen LogP contribution in [0.2, 0.25) is 0 Å². The zero-order valence-electron chi connectivity index (χ0n) is 9.97. The Kier molecular flexibility index (Phi) is 2.52. The molecule has 0 aromatic heterocycles. The molecule has 0 fully saturated rings. The van der Waals surface area contributed by atoms with Crippen LogP contribution in [-0.4, -0.2) is 12.6 Å². The standard InChI is InChI=1S/C15H12O3/c1-10-7-13-14(18-9-17-13)8-12(10)15(16)11-5-3-2-4-6-11/h2-8H,9H2,1H3. The minimum absolute atomic E-state index is 0.00593. The van der Waals surface area contributed by atoms with Crippen molar-refractivity contribution in [3.63, 3.8) is 0 Å². The number of rotatable bonds is 2. The molecule has 0 atom stereocenters. The van der Waals surface area contributed by atoms with Gasteiger partial charge >= 0.3 is 0 Å². The van der Waals surface area contributed by atoms with Crippen molar-refractivity contribution in [3.8, 4) is 11.5 Å². The van der Waals surface area contributed by atoms with Crippen LogP contribution < -0.4 is 9.47 Å². The minimum atomic E-state index is 0.00593. The third-order valence-corrected chi connectivity index (χ3v) is 3.00. The molecule has 0 radical (unpaired) electrons. The van der Waals surface area contributed by atoms with Gasteiger partial charge in [-0.15, -0.1) is 0 Å². The van der Waals surface area contributed by atoms with Crippen molar-refractivity contribution >= 4 is 5.78 Å². The van der Waals surface area contributed by atoms with Crippen molar-refractivity contribution in [2.24, 2.45) is 0 Å². The summed E-state index contributed by atoms with van der Waals surface area (Å²) < 4.78 is 10.6. The van der Waals surface area contributed by atoms with Gasteiger partial charge in [-0.1, -0.05) is 30.3 Å². The molecule has 1 heterocycles. The molecule has 2 aromatic rings. The van der Waals surface area contributed by atoms with Crippen LogP contribution in [0.4, 0.5) is 0 Å². The topological polar surface area (TPSA) is 35.5 Å². The Hall–Kier alpha value is -2.29. The largest absolute Gasteiger partial charge is 0.454 e. The van der Waals surface area contributed by atoms with Crippen LogP contribution in [0, 0.1) is 6.92 Å². The van der Waals surface area contributed by atoms with E-state index in [1.54, 1.807) is 6.07 Å². The summed E-state index contributed by atoms with van der Waals surface area (Å²) in [5.41, 5.74) is 2.23. The molecular weight excluding hydrogens is 228 g/mol. The number of carbonyl (C=O) groups is 1. The molecule has 3 rings (SSSR count). The Labute approximate surface area is 105 Å². The molecule has 0 amide bonds. The third-order valence-electron chi connectivity index (χ3n) is 3.00. The summed E-state index contributed by atoms with van der Waals surface area (Å²) in [4.78, 5) is 12.4. The lowest BCUT2D eigenvalue weighted by atomic mass is 9.98. The lowest BCUT2D eigenvalue weighted by molar-refractivity contribution is 0.103. The fourth-order valence-electron chi connectivity index (χ4n) is 2.03. The molecule has 1 aliphatic heterocycles. The fraction of sp³-hybridized carbons (Fsp3) is 0.133. The highest BCUT2D eigenvalue weighted by Gasteiger charge is 2.19. The Morgan fingerprint density at radius 1 is 1.06 bits per heavy atom. The van der Waals surface area contributed by atoms with E-state index in [1.165, 1.54) is 0 Å². The van der Waals surface area contributed by atoms with E-state index in [1.807, 2.05) is 43.3 Å². The SMILES string of the molecule is Cc1cc2c(cc1C(=O)c1ccccc1)OCO2. The van der Waals surface area contributed by atoms with Crippen LogP contribution in [0.15, 0.2) is 42.5 Å². The average molecular weight is 240 g/mol. The van der Waals surface area contributed by atoms with E-state index >= 15 is 0 Å². The van der Waals surface area contributed by atoms with Gasteiger partial charge in [-0.3, -0.25) is 4.79 Å². The summed E-state index contributed by atoms with van der Waals surface area (Å²) in [6.07, 6.45) is 0. The number of aryl methyl sites for hydroxylation is 1. The number of hydrogen-bond acceptors (Lipinski definition) is 3. The van der Waals surface area contributed by atoms with Gasteiger partial charge in [-0.05, 0) is 24.6 Å². The molecule has 1 aliphatic rings. The summed E-state index contributed by atoms with van der Waals surface area (Å²) in [6.45, 7) is 2.12. The minimum Gasteiger partial charge on any atom is -0.454 e. The molecule has 90 valence electrons. The normalized spacial score (nSPS) is 12.5. The highest BCUT2D eigenvalue weighted by Crippen LogP contribution is 2.35. The first-order valence-electron chi connectivity index (χ1n) is 5.76. The van der Waals surface area contributed by atoms with Gasteiger partial charge < -0.3 is 9.47 Å². The van der Waals surface area contributed by atoms with E-state index < -0.39 is 0 Å². The number of ether oxygens (including phenoxy) is 2. The van der Waals surface area contributed by atoms with Gasteiger partial charge in [0.1, 0.15) is 0 Å². The van der Waals surface area contributed by atoms with E-state index in [-0.39, 0.29) is 12.6 Å². The highest BCUT2D eigenvalue weighted by molar-refractivity contribution is 6.10. The van der Waals surface area contributed by atoms with E-state index in [2.05, 4.69) is 0 Å². The maximum atomic E-state index is 12.4. The van der Waals surface area contributed by atoms with Crippen LogP contribution in [-0.2, 0) is 0 Å². The van der Waals surface area contributed by atoms with Crippen LogP contribution in [0.1, 0.15) is 21.5 Å². The molecule has 0 unspecified atom stereocenters. The average Bonchev–Trinajstić information content (AvgIpc) is 2.85. The van der Waals surface area contributed by atoms with Crippen LogP contribution >= 0.6 is 0 Å². The Morgan fingerprint density at radius 2 is 1.72 bits per heavy atom. The molecule has 18 heavy (non-hydrogen) atoms. The number of ketones is 1. The summed E-state index contributed by atoms with van der Waals surface area (Å²) in [7, 11) is 0. The van der Waals surface area contributed by atoms with Gasteiger partial charge in [0.05, 0.1) is 0 Å². The number of hydrogen-bond donors (Lipinski definition) is 0. The third kappa shape index (κ3) is 1.74. The second kappa shape index (κ2) is 4.18. The van der Waals surface area contributed by atoms with E-state index in [0.717, 1.165) is 5.56 Å². The van der Waals surface area contributed by atoms with Gasteiger partial charge in [0.15, 0.2) is 17.3 Å². The maximum Gasteiger partial charge on any atom is 0.231 e. The monoisotopic (exact) mass is 240 g/mol. The zero-order valence-corrected chi connectivity index (χ0v) is 9.97. The first-order valence-corrected chi connectivity index (χ1v) is 5.76. The van der Waals surface area contributed by atoms with Crippen molar-refractivity contribution in [2.75, 3.05) is 6.79 Å². The number of carbonyl (C=O) groups excluding carboxylic acids is 1. The summed E-state index contributed by atoms with van der Waals surface area (Å²) in [5, 5.41) is 0. The fourth-order valence-corrected chi connectivity index (χ4v) is 2.03. The summed E-state index contributed by atoms with van der Waals surface area (Å²) in [6, 6.07) is 12.8. The maximum absolute atomic E-state index is 12.4. The lowest BCUT2D eigenvalue weighted by Crippen LogP contribution is -2.03. The van der Waals surface area contributed by atoms with Crippen molar-refractivity contribution in [2.45, 2.75) is 6.92 Å². The highest BCUT2D eigenvalue weighted by atomic mass is 16.7. The summed E-state index contributed by atoms with van der Waals surface area (Å²) >= 11 is 0. The molecule has 0 aliphatic carbocycles. The predicted octanol–water partition coefficient (Wildman–Crippen LogP) is 2.95. The van der Waals surface area contributed by atoms with Crippen LogP contribution in [0.5, 0.6) is 11.5 Å². The number of fused-ring (bicyclic) bond motifs is 1. The van der Waals surface area contributed by atoms with Gasteiger partial charge in [-0.25, -0.2) is 0 Å². The molecule has 0 bridgehead atoms. The Bertz CT molecular complexity index is 603. The van der Waals surface area contributed by atoms with Gasteiger partial charge in [0.2, 0.25) is 6.79 Å². The number of benzene rings is 2. The first kappa shape index (κ1) is 10.8. The molecule has 0 saturated heterocycles. The zero-order chi connectivity index (χ0) is 12.5. The molecule has 3 nitrogen and oxygen atoms in total. The quantitative estimate of drug-likeness (QED) is 0.757. The molecular formula is C15H12O3.